The number of H-pyrrole nitrogens is 1. The first kappa shape index (κ1) is 13.9. The molecule has 0 aliphatic carbocycles. The number of hydrogen-bond donors (Lipinski definition) is 1. The second-order valence-corrected chi connectivity index (χ2v) is 5.64. The number of fused-ring (bicyclic) bond motifs is 3. The normalized spacial score (nSPS) is 13.1. The van der Waals surface area contributed by atoms with Crippen LogP contribution in [-0.2, 0) is 6.42 Å². The highest BCUT2D eigenvalue weighted by Gasteiger charge is 2.17. The van der Waals surface area contributed by atoms with Crippen molar-refractivity contribution < 1.29 is 0 Å². The van der Waals surface area contributed by atoms with E-state index in [0.29, 0.717) is 11.7 Å². The highest BCUT2D eigenvalue weighted by molar-refractivity contribution is 5.79. The van der Waals surface area contributed by atoms with E-state index in [9.17, 15) is 4.79 Å². The summed E-state index contributed by atoms with van der Waals surface area (Å²) in [6.07, 6.45) is 2.77. The summed E-state index contributed by atoms with van der Waals surface area (Å²) in [5.74, 6) is 0.986. The molecule has 0 amide bonds. The Morgan fingerprint density at radius 3 is 2.76 bits per heavy atom. The van der Waals surface area contributed by atoms with E-state index in [2.05, 4.69) is 30.7 Å². The molecule has 0 saturated carbocycles. The summed E-state index contributed by atoms with van der Waals surface area (Å²) in [5, 5.41) is 0. The monoisotopic (exact) mass is 283 g/mol. The fraction of sp³-hybridized carbons (Fsp3) is 0.412. The van der Waals surface area contributed by atoms with E-state index in [-0.39, 0.29) is 5.56 Å². The van der Waals surface area contributed by atoms with E-state index in [0.717, 1.165) is 41.6 Å². The van der Waals surface area contributed by atoms with E-state index >= 15 is 0 Å². The molecule has 1 atom stereocenters. The number of rotatable bonds is 4. The van der Waals surface area contributed by atoms with Gasteiger partial charge in [0, 0.05) is 11.3 Å². The first-order chi connectivity index (χ1) is 10.2. The Labute approximate surface area is 123 Å². The fourth-order valence-corrected chi connectivity index (χ4v) is 2.88. The lowest BCUT2D eigenvalue weighted by Gasteiger charge is -2.14. The van der Waals surface area contributed by atoms with Gasteiger partial charge >= 0.3 is 0 Å². The lowest BCUT2D eigenvalue weighted by Crippen LogP contribution is -2.23. The second-order valence-electron chi connectivity index (χ2n) is 5.64. The topological polar surface area (TPSA) is 50.2 Å². The van der Waals surface area contributed by atoms with Gasteiger partial charge in [-0.05, 0) is 30.9 Å². The zero-order valence-corrected chi connectivity index (χ0v) is 12.8. The SMILES string of the molecule is CCCc1c(C(C)CC)[nH]c2nc3ccccc3n2c1=O. The Bertz CT molecular complexity index is 844. The van der Waals surface area contributed by atoms with Crippen molar-refractivity contribution in [2.75, 3.05) is 0 Å². The van der Waals surface area contributed by atoms with Crippen molar-refractivity contribution in [1.29, 1.82) is 0 Å². The summed E-state index contributed by atoms with van der Waals surface area (Å²) in [4.78, 5) is 20.9. The van der Waals surface area contributed by atoms with Crippen molar-refractivity contribution in [3.63, 3.8) is 0 Å². The molecule has 0 saturated heterocycles. The van der Waals surface area contributed by atoms with Crippen molar-refractivity contribution in [3.8, 4) is 0 Å². The summed E-state index contributed by atoms with van der Waals surface area (Å²) >= 11 is 0. The number of nitrogens with one attached hydrogen (secondary N) is 1. The molecule has 1 N–H and O–H groups in total. The summed E-state index contributed by atoms with van der Waals surface area (Å²) in [6.45, 7) is 6.41. The average molecular weight is 283 g/mol. The molecule has 2 heterocycles. The minimum atomic E-state index is 0.0783. The lowest BCUT2D eigenvalue weighted by atomic mass is 9.98. The molecule has 0 aliphatic rings. The van der Waals surface area contributed by atoms with E-state index in [1.807, 2.05) is 24.3 Å². The Morgan fingerprint density at radius 2 is 2.05 bits per heavy atom. The van der Waals surface area contributed by atoms with Crippen LogP contribution in [-0.4, -0.2) is 14.4 Å². The van der Waals surface area contributed by atoms with Crippen molar-refractivity contribution in [3.05, 3.63) is 45.9 Å². The van der Waals surface area contributed by atoms with Crippen LogP contribution >= 0.6 is 0 Å². The number of aromatic amines is 1. The van der Waals surface area contributed by atoms with Gasteiger partial charge in [0.15, 0.2) is 0 Å². The van der Waals surface area contributed by atoms with Crippen LogP contribution in [0.5, 0.6) is 0 Å². The molecule has 3 aromatic rings. The Morgan fingerprint density at radius 1 is 1.29 bits per heavy atom. The molecule has 4 nitrogen and oxygen atoms in total. The van der Waals surface area contributed by atoms with Crippen molar-refractivity contribution in [1.82, 2.24) is 14.4 Å². The minimum absolute atomic E-state index is 0.0783. The number of hydrogen-bond acceptors (Lipinski definition) is 2. The van der Waals surface area contributed by atoms with Gasteiger partial charge in [0.25, 0.3) is 5.56 Å². The molecular weight excluding hydrogens is 262 g/mol. The summed E-state index contributed by atoms with van der Waals surface area (Å²) in [5.41, 5.74) is 3.76. The van der Waals surface area contributed by atoms with Crippen LogP contribution in [0.15, 0.2) is 29.1 Å². The molecule has 1 unspecified atom stereocenters. The van der Waals surface area contributed by atoms with Crippen LogP contribution in [0.25, 0.3) is 16.8 Å². The van der Waals surface area contributed by atoms with Gasteiger partial charge < -0.3 is 4.98 Å². The average Bonchev–Trinajstić information content (AvgIpc) is 2.87. The predicted octanol–water partition coefficient (Wildman–Crippen LogP) is 3.64. The van der Waals surface area contributed by atoms with Gasteiger partial charge in [0.05, 0.1) is 11.0 Å². The third-order valence-electron chi connectivity index (χ3n) is 4.20. The van der Waals surface area contributed by atoms with E-state index in [1.165, 1.54) is 0 Å². The number of para-hydroxylation sites is 2. The van der Waals surface area contributed by atoms with Crippen LogP contribution in [0, 0.1) is 0 Å². The molecule has 21 heavy (non-hydrogen) atoms. The fourth-order valence-electron chi connectivity index (χ4n) is 2.88. The van der Waals surface area contributed by atoms with Gasteiger partial charge in [-0.2, -0.15) is 0 Å². The molecule has 2 aromatic heterocycles. The van der Waals surface area contributed by atoms with Gasteiger partial charge in [0.2, 0.25) is 5.78 Å². The van der Waals surface area contributed by atoms with Gasteiger partial charge in [0.1, 0.15) is 0 Å². The summed E-state index contributed by atoms with van der Waals surface area (Å²) < 4.78 is 1.71. The molecule has 110 valence electrons. The number of aromatic nitrogens is 3. The number of nitrogens with zero attached hydrogens (tertiary/aromatic N) is 2. The molecule has 0 bridgehead atoms. The number of benzene rings is 1. The highest BCUT2D eigenvalue weighted by Crippen LogP contribution is 2.22. The van der Waals surface area contributed by atoms with Gasteiger partial charge in [-0.15, -0.1) is 0 Å². The Kier molecular flexibility index (Phi) is 3.53. The maximum atomic E-state index is 12.9. The highest BCUT2D eigenvalue weighted by atomic mass is 16.1. The third-order valence-corrected chi connectivity index (χ3v) is 4.20. The lowest BCUT2D eigenvalue weighted by molar-refractivity contribution is 0.684. The smallest absolute Gasteiger partial charge is 0.262 e. The molecule has 0 fully saturated rings. The van der Waals surface area contributed by atoms with Gasteiger partial charge in [-0.1, -0.05) is 39.3 Å². The van der Waals surface area contributed by atoms with Crippen molar-refractivity contribution in [2.45, 2.75) is 46.0 Å². The maximum Gasteiger partial charge on any atom is 0.262 e. The maximum absolute atomic E-state index is 12.9. The third kappa shape index (κ3) is 2.15. The molecule has 0 spiro atoms. The molecular formula is C17H21N3O. The van der Waals surface area contributed by atoms with Gasteiger partial charge in [-0.25, -0.2) is 9.38 Å². The summed E-state index contributed by atoms with van der Waals surface area (Å²) in [6, 6.07) is 7.78. The molecule has 3 rings (SSSR count). The largest absolute Gasteiger partial charge is 0.328 e. The van der Waals surface area contributed by atoms with E-state index < -0.39 is 0 Å². The van der Waals surface area contributed by atoms with Crippen molar-refractivity contribution in [2.24, 2.45) is 0 Å². The van der Waals surface area contributed by atoms with E-state index in [4.69, 9.17) is 0 Å². The predicted molar refractivity (Wildman–Crippen MR) is 86.0 cm³/mol. The molecule has 0 radical (unpaired) electrons. The second kappa shape index (κ2) is 5.35. The van der Waals surface area contributed by atoms with Crippen molar-refractivity contribution >= 4 is 16.8 Å². The van der Waals surface area contributed by atoms with Crippen LogP contribution in [0.3, 0.4) is 0 Å². The quantitative estimate of drug-likeness (QED) is 0.794. The first-order valence-electron chi connectivity index (χ1n) is 7.69. The standard InChI is InChI=1S/C17H21N3O/c1-4-8-12-15(11(3)5-2)19-17-18-13-9-6-7-10-14(13)20(17)16(12)21/h6-7,9-11H,4-5,8H2,1-3H3,(H,18,19). The Hall–Kier alpha value is -2.10. The zero-order chi connectivity index (χ0) is 15.0. The zero-order valence-electron chi connectivity index (χ0n) is 12.8. The van der Waals surface area contributed by atoms with Crippen LogP contribution in [0.2, 0.25) is 0 Å². The first-order valence-corrected chi connectivity index (χ1v) is 7.69. The minimum Gasteiger partial charge on any atom is -0.328 e. The molecule has 0 aliphatic heterocycles. The van der Waals surface area contributed by atoms with Crippen LogP contribution < -0.4 is 5.56 Å². The number of imidazole rings is 1. The molecule has 1 aromatic carbocycles. The van der Waals surface area contributed by atoms with E-state index in [1.54, 1.807) is 4.40 Å². The van der Waals surface area contributed by atoms with Crippen LogP contribution in [0.1, 0.15) is 50.8 Å². The van der Waals surface area contributed by atoms with Crippen LogP contribution in [0.4, 0.5) is 0 Å². The molecule has 4 heteroatoms. The summed E-state index contributed by atoms with van der Waals surface area (Å²) in [7, 11) is 0. The Balaban J connectivity index is 2.41. The van der Waals surface area contributed by atoms with Gasteiger partial charge in [-0.3, -0.25) is 4.79 Å².